The van der Waals surface area contributed by atoms with E-state index in [0.717, 1.165) is 28.6 Å². The van der Waals surface area contributed by atoms with Gasteiger partial charge in [0.2, 0.25) is 0 Å². The summed E-state index contributed by atoms with van der Waals surface area (Å²) in [5, 5.41) is 1.35. The summed E-state index contributed by atoms with van der Waals surface area (Å²) in [6, 6.07) is 0. The standard InChI is InChI=1S/C2H5OPSe/c1-2-5-4-3-1/h4H,1-2H2. The predicted octanol–water partition coefficient (Wildman–Crippen LogP) is 0.648. The second kappa shape index (κ2) is 2.15. The zero-order valence-corrected chi connectivity index (χ0v) is 5.44. The van der Waals surface area contributed by atoms with Crippen LogP contribution in [-0.2, 0) is 4.52 Å². The molecule has 0 N–H and O–H groups in total. The third-order valence-electron chi connectivity index (χ3n) is 0.405. The number of hydrogen-bond acceptors (Lipinski definition) is 1. The first-order valence-corrected chi connectivity index (χ1v) is 6.08. The molecule has 1 rings (SSSR count). The van der Waals surface area contributed by atoms with Crippen molar-refractivity contribution in [2.45, 2.75) is 5.32 Å². The molecule has 1 heterocycles. The molecular formula is C2H5OPSe. The summed E-state index contributed by atoms with van der Waals surface area (Å²) in [6.45, 7) is 1.04. The molecule has 1 fully saturated rings. The van der Waals surface area contributed by atoms with E-state index in [1.165, 1.54) is 5.32 Å². The molecule has 0 bridgehead atoms. The van der Waals surface area contributed by atoms with Crippen LogP contribution in [-0.4, -0.2) is 21.1 Å². The molecule has 1 aliphatic heterocycles. The van der Waals surface area contributed by atoms with Gasteiger partial charge >= 0.3 is 38.5 Å². The van der Waals surface area contributed by atoms with Gasteiger partial charge in [-0.3, -0.25) is 0 Å². The summed E-state index contributed by atoms with van der Waals surface area (Å²) in [4.78, 5) is 0. The van der Waals surface area contributed by atoms with Crippen molar-refractivity contribution in [3.8, 4) is 0 Å². The molecule has 0 aromatic heterocycles. The van der Waals surface area contributed by atoms with E-state index in [1.807, 2.05) is 0 Å². The van der Waals surface area contributed by atoms with E-state index >= 15 is 0 Å². The number of hydrogen-bond donors (Lipinski definition) is 0. The molecule has 0 saturated carbocycles. The van der Waals surface area contributed by atoms with Crippen LogP contribution in [0.15, 0.2) is 0 Å². The quantitative estimate of drug-likeness (QED) is 0.368. The summed E-state index contributed by atoms with van der Waals surface area (Å²) < 4.78 is 5.00. The predicted molar refractivity (Wildman–Crippen MR) is 24.8 cm³/mol. The van der Waals surface area contributed by atoms with E-state index in [-0.39, 0.29) is 0 Å². The first kappa shape index (κ1) is 4.08. The van der Waals surface area contributed by atoms with E-state index in [4.69, 9.17) is 4.52 Å². The van der Waals surface area contributed by atoms with Gasteiger partial charge < -0.3 is 0 Å². The van der Waals surface area contributed by atoms with Gasteiger partial charge in [-0.15, -0.1) is 0 Å². The van der Waals surface area contributed by atoms with Crippen molar-refractivity contribution in [2.24, 2.45) is 0 Å². The maximum atomic E-state index is 5.00. The van der Waals surface area contributed by atoms with Gasteiger partial charge in [-0.25, -0.2) is 0 Å². The monoisotopic (exact) mass is 156 g/mol. The fourth-order valence-corrected chi connectivity index (χ4v) is 3.25. The third kappa shape index (κ3) is 1.19. The van der Waals surface area contributed by atoms with Crippen molar-refractivity contribution < 1.29 is 4.52 Å². The zero-order valence-electron chi connectivity index (χ0n) is 2.73. The molecule has 0 aromatic rings. The van der Waals surface area contributed by atoms with E-state index in [2.05, 4.69) is 0 Å². The van der Waals surface area contributed by atoms with Crippen LogP contribution in [0.25, 0.3) is 0 Å². The Morgan fingerprint density at radius 3 is 3.00 bits per heavy atom. The van der Waals surface area contributed by atoms with Crippen molar-refractivity contribution in [3.63, 3.8) is 0 Å². The Balaban J connectivity index is 2.08. The molecule has 1 unspecified atom stereocenters. The molecule has 5 heavy (non-hydrogen) atoms. The van der Waals surface area contributed by atoms with E-state index in [9.17, 15) is 0 Å². The minimum atomic E-state index is 0.871. The van der Waals surface area contributed by atoms with Crippen molar-refractivity contribution in [1.82, 2.24) is 0 Å². The molecule has 3 heteroatoms. The fraction of sp³-hybridized carbons (Fsp3) is 1.00. The van der Waals surface area contributed by atoms with Crippen molar-refractivity contribution in [2.75, 3.05) is 6.61 Å². The van der Waals surface area contributed by atoms with Gasteiger partial charge in [-0.05, 0) is 0 Å². The van der Waals surface area contributed by atoms with Crippen molar-refractivity contribution in [1.29, 1.82) is 0 Å². The molecule has 0 amide bonds. The molecule has 0 aromatic carbocycles. The van der Waals surface area contributed by atoms with Crippen LogP contribution in [0.3, 0.4) is 0 Å². The van der Waals surface area contributed by atoms with Gasteiger partial charge in [0.15, 0.2) is 0 Å². The second-order valence-corrected chi connectivity index (χ2v) is 5.25. The van der Waals surface area contributed by atoms with E-state index < -0.39 is 0 Å². The Morgan fingerprint density at radius 1 is 1.80 bits per heavy atom. The molecule has 0 aliphatic carbocycles. The molecular weight excluding hydrogens is 150 g/mol. The first-order chi connectivity index (χ1) is 2.50. The van der Waals surface area contributed by atoms with E-state index in [0.29, 0.717) is 0 Å². The van der Waals surface area contributed by atoms with Crippen LogP contribution in [0, 0.1) is 0 Å². The molecule has 1 saturated heterocycles. The van der Waals surface area contributed by atoms with Crippen LogP contribution >= 0.6 is 7.50 Å². The molecule has 0 radical (unpaired) electrons. The Kier molecular flexibility index (Phi) is 1.75. The van der Waals surface area contributed by atoms with Crippen molar-refractivity contribution in [3.05, 3.63) is 0 Å². The first-order valence-electron chi connectivity index (χ1n) is 1.49. The topological polar surface area (TPSA) is 9.23 Å². The number of rotatable bonds is 0. The zero-order chi connectivity index (χ0) is 3.54. The molecule has 0 spiro atoms. The Hall–Kier alpha value is 0.909. The normalized spacial score (nSPS) is 28.8. The summed E-state index contributed by atoms with van der Waals surface area (Å²) in [5.74, 6) is 0. The third-order valence-corrected chi connectivity index (χ3v) is 4.17. The summed E-state index contributed by atoms with van der Waals surface area (Å²) in [5.41, 5.74) is 0. The summed E-state index contributed by atoms with van der Waals surface area (Å²) in [6.07, 6.45) is 0. The van der Waals surface area contributed by atoms with Gasteiger partial charge in [0.05, 0.1) is 0 Å². The maximum absolute atomic E-state index is 5.00. The molecule has 1 nitrogen and oxygen atoms in total. The van der Waals surface area contributed by atoms with Crippen LogP contribution in [0.2, 0.25) is 5.32 Å². The van der Waals surface area contributed by atoms with Gasteiger partial charge in [0.1, 0.15) is 0 Å². The Morgan fingerprint density at radius 2 is 2.80 bits per heavy atom. The Bertz CT molecular complexity index is 21.2. The van der Waals surface area contributed by atoms with Crippen LogP contribution in [0.1, 0.15) is 0 Å². The summed E-state index contributed by atoms with van der Waals surface area (Å²) in [7, 11) is 0.871. The van der Waals surface area contributed by atoms with E-state index in [1.54, 1.807) is 0 Å². The fourth-order valence-electron chi connectivity index (χ4n) is 0.208. The van der Waals surface area contributed by atoms with Gasteiger partial charge in [-0.2, -0.15) is 0 Å². The average Bonchev–Trinajstić information content (AvgIpc) is 1.76. The average molecular weight is 155 g/mol. The Labute approximate surface area is 39.1 Å². The van der Waals surface area contributed by atoms with Crippen molar-refractivity contribution >= 4 is 22.0 Å². The SMILES string of the molecule is C1C[Se]PO1. The van der Waals surface area contributed by atoms with Gasteiger partial charge in [0, 0.05) is 0 Å². The van der Waals surface area contributed by atoms with Gasteiger partial charge in [-0.1, -0.05) is 0 Å². The second-order valence-electron chi connectivity index (χ2n) is 0.780. The molecule has 30 valence electrons. The van der Waals surface area contributed by atoms with Crippen LogP contribution in [0.5, 0.6) is 0 Å². The summed E-state index contributed by atoms with van der Waals surface area (Å²) >= 11 is 0.875. The molecule has 1 atom stereocenters. The van der Waals surface area contributed by atoms with Crippen LogP contribution < -0.4 is 0 Å². The van der Waals surface area contributed by atoms with Gasteiger partial charge in [0.25, 0.3) is 0 Å². The van der Waals surface area contributed by atoms with Crippen LogP contribution in [0.4, 0.5) is 0 Å². The minimum absolute atomic E-state index is 0.871. The molecule has 1 aliphatic rings.